The topological polar surface area (TPSA) is 24.9 Å². The summed E-state index contributed by atoms with van der Waals surface area (Å²) in [6, 6.07) is 5.23. The highest BCUT2D eigenvalue weighted by Gasteiger charge is 2.35. The largest absolute Gasteiger partial charge is 0.416 e. The average molecular weight is 314 g/mol. The molecule has 1 N–H and O–H groups in total. The van der Waals surface area contributed by atoms with Gasteiger partial charge in [0.1, 0.15) is 0 Å². The van der Waals surface area contributed by atoms with Gasteiger partial charge in [-0.3, -0.25) is 0 Å². The molecule has 0 fully saturated rings. The second-order valence-electron chi connectivity index (χ2n) is 4.76. The fraction of sp³-hybridized carbons (Fsp3) is 0.400. The van der Waals surface area contributed by atoms with E-state index in [1.165, 1.54) is 23.5 Å². The quantitative estimate of drug-likeness (QED) is 0.900. The van der Waals surface area contributed by atoms with Crippen molar-refractivity contribution in [3.8, 4) is 0 Å². The van der Waals surface area contributed by atoms with Crippen LogP contribution in [0.25, 0.3) is 0 Å². The lowest BCUT2D eigenvalue weighted by Gasteiger charge is -2.22. The van der Waals surface area contributed by atoms with E-state index >= 15 is 0 Å². The first-order chi connectivity index (χ1) is 9.84. The minimum atomic E-state index is -4.36. The van der Waals surface area contributed by atoms with Gasteiger partial charge in [0.25, 0.3) is 0 Å². The predicted octanol–water partition coefficient (Wildman–Crippen LogP) is 4.48. The number of aromatic nitrogens is 1. The number of hydrogen-bond donors (Lipinski definition) is 1. The summed E-state index contributed by atoms with van der Waals surface area (Å²) in [6.07, 6.45) is -4.36. The van der Waals surface area contributed by atoms with E-state index < -0.39 is 17.8 Å². The third-order valence-corrected chi connectivity index (χ3v) is 4.32. The van der Waals surface area contributed by atoms with Gasteiger partial charge in [-0.25, -0.2) is 4.98 Å². The SMILES string of the molecule is CCNC(c1ccccc1C(F)(F)F)c1sc(C)nc1C. The minimum absolute atomic E-state index is 0.249. The van der Waals surface area contributed by atoms with E-state index in [-0.39, 0.29) is 5.56 Å². The zero-order valence-electron chi connectivity index (χ0n) is 12.1. The van der Waals surface area contributed by atoms with Crippen LogP contribution in [-0.4, -0.2) is 11.5 Å². The number of hydrogen-bond acceptors (Lipinski definition) is 3. The smallest absolute Gasteiger partial charge is 0.306 e. The molecule has 114 valence electrons. The van der Waals surface area contributed by atoms with Crippen LogP contribution in [0.3, 0.4) is 0 Å². The zero-order valence-corrected chi connectivity index (χ0v) is 12.9. The Kier molecular flexibility index (Phi) is 4.68. The van der Waals surface area contributed by atoms with Crippen molar-refractivity contribution in [3.63, 3.8) is 0 Å². The van der Waals surface area contributed by atoms with E-state index in [4.69, 9.17) is 0 Å². The van der Waals surface area contributed by atoms with Crippen LogP contribution in [0.2, 0.25) is 0 Å². The molecule has 1 heterocycles. The first-order valence-electron chi connectivity index (χ1n) is 6.68. The molecule has 0 bridgehead atoms. The van der Waals surface area contributed by atoms with Crippen molar-refractivity contribution in [3.05, 3.63) is 51.0 Å². The van der Waals surface area contributed by atoms with E-state index in [0.717, 1.165) is 21.6 Å². The van der Waals surface area contributed by atoms with Crippen molar-refractivity contribution in [2.45, 2.75) is 33.0 Å². The van der Waals surface area contributed by atoms with Crippen LogP contribution in [0.4, 0.5) is 13.2 Å². The second kappa shape index (κ2) is 6.15. The molecule has 2 nitrogen and oxygen atoms in total. The highest BCUT2D eigenvalue weighted by molar-refractivity contribution is 7.11. The first-order valence-corrected chi connectivity index (χ1v) is 7.49. The fourth-order valence-corrected chi connectivity index (χ4v) is 3.39. The summed E-state index contributed by atoms with van der Waals surface area (Å²) >= 11 is 1.44. The molecule has 1 aromatic carbocycles. The van der Waals surface area contributed by atoms with Crippen molar-refractivity contribution < 1.29 is 13.2 Å². The molecule has 1 unspecified atom stereocenters. The normalized spacial score (nSPS) is 13.4. The number of nitrogens with zero attached hydrogens (tertiary/aromatic N) is 1. The van der Waals surface area contributed by atoms with Crippen LogP contribution in [0.15, 0.2) is 24.3 Å². The molecule has 0 spiro atoms. The maximum Gasteiger partial charge on any atom is 0.416 e. The summed E-state index contributed by atoms with van der Waals surface area (Å²) in [5, 5.41) is 4.01. The van der Waals surface area contributed by atoms with E-state index in [2.05, 4.69) is 10.3 Å². The molecule has 2 aromatic rings. The van der Waals surface area contributed by atoms with Gasteiger partial charge in [0.2, 0.25) is 0 Å². The van der Waals surface area contributed by atoms with Gasteiger partial charge in [0.15, 0.2) is 0 Å². The van der Waals surface area contributed by atoms with Crippen LogP contribution in [-0.2, 0) is 6.18 Å². The molecule has 0 saturated carbocycles. The van der Waals surface area contributed by atoms with Crippen LogP contribution < -0.4 is 5.32 Å². The second-order valence-corrected chi connectivity index (χ2v) is 5.99. The number of benzene rings is 1. The maximum absolute atomic E-state index is 13.2. The van der Waals surface area contributed by atoms with Crippen LogP contribution >= 0.6 is 11.3 Å². The number of alkyl halides is 3. The molecule has 0 aliphatic rings. The summed E-state index contributed by atoms with van der Waals surface area (Å²) in [5.41, 5.74) is 0.431. The molecular formula is C15H17F3N2S. The fourth-order valence-electron chi connectivity index (χ4n) is 2.37. The van der Waals surface area contributed by atoms with Crippen molar-refractivity contribution >= 4 is 11.3 Å². The summed E-state index contributed by atoms with van der Waals surface area (Å²) < 4.78 is 39.7. The molecule has 0 aliphatic carbocycles. The van der Waals surface area contributed by atoms with Gasteiger partial charge < -0.3 is 5.32 Å². The third kappa shape index (κ3) is 3.44. The van der Waals surface area contributed by atoms with E-state index in [0.29, 0.717) is 6.54 Å². The van der Waals surface area contributed by atoms with Crippen LogP contribution in [0.5, 0.6) is 0 Å². The standard InChI is InChI=1S/C15H17F3N2S/c1-4-19-13(14-9(2)20-10(3)21-14)11-7-5-6-8-12(11)15(16,17)18/h5-8,13,19H,4H2,1-3H3. The van der Waals surface area contributed by atoms with Gasteiger partial charge in [0.05, 0.1) is 22.3 Å². The number of rotatable bonds is 4. The number of nitrogens with one attached hydrogen (secondary N) is 1. The molecule has 21 heavy (non-hydrogen) atoms. The Bertz CT molecular complexity index is 620. The van der Waals surface area contributed by atoms with Gasteiger partial charge in [-0.1, -0.05) is 25.1 Å². The van der Waals surface area contributed by atoms with Crippen LogP contribution in [0.1, 0.15) is 39.7 Å². The highest BCUT2D eigenvalue weighted by atomic mass is 32.1. The third-order valence-electron chi connectivity index (χ3n) is 3.19. The zero-order chi connectivity index (χ0) is 15.6. The van der Waals surface area contributed by atoms with Gasteiger partial charge in [-0.05, 0) is 32.0 Å². The lowest BCUT2D eigenvalue weighted by molar-refractivity contribution is -0.138. The molecule has 0 aliphatic heterocycles. The maximum atomic E-state index is 13.2. The molecule has 0 radical (unpaired) electrons. The molecule has 2 rings (SSSR count). The molecule has 6 heteroatoms. The van der Waals surface area contributed by atoms with Gasteiger partial charge in [-0.2, -0.15) is 13.2 Å². The van der Waals surface area contributed by atoms with Crippen molar-refractivity contribution in [2.75, 3.05) is 6.54 Å². The van der Waals surface area contributed by atoms with Crippen molar-refractivity contribution in [1.82, 2.24) is 10.3 Å². The number of halogens is 3. The summed E-state index contributed by atoms with van der Waals surface area (Å²) in [5.74, 6) is 0. The lowest BCUT2D eigenvalue weighted by Crippen LogP contribution is -2.24. The summed E-state index contributed by atoms with van der Waals surface area (Å²) in [7, 11) is 0. The summed E-state index contributed by atoms with van der Waals surface area (Å²) in [4.78, 5) is 5.17. The van der Waals surface area contributed by atoms with Crippen molar-refractivity contribution in [2.24, 2.45) is 0 Å². The van der Waals surface area contributed by atoms with Gasteiger partial charge >= 0.3 is 6.18 Å². The minimum Gasteiger partial charge on any atom is -0.306 e. The van der Waals surface area contributed by atoms with Crippen molar-refractivity contribution in [1.29, 1.82) is 0 Å². The number of aryl methyl sites for hydroxylation is 2. The molecular weight excluding hydrogens is 297 g/mol. The van der Waals surface area contributed by atoms with Gasteiger partial charge in [0, 0.05) is 4.88 Å². The van der Waals surface area contributed by atoms with Gasteiger partial charge in [-0.15, -0.1) is 11.3 Å². The molecule has 1 aromatic heterocycles. The molecule has 0 saturated heterocycles. The Morgan fingerprint density at radius 2 is 1.90 bits per heavy atom. The van der Waals surface area contributed by atoms with E-state index in [1.807, 2.05) is 20.8 Å². The lowest BCUT2D eigenvalue weighted by atomic mass is 9.98. The van der Waals surface area contributed by atoms with E-state index in [1.54, 1.807) is 6.07 Å². The molecule has 1 atom stereocenters. The Labute approximate surface area is 126 Å². The Morgan fingerprint density at radius 1 is 1.24 bits per heavy atom. The number of thiazole rings is 1. The molecule has 0 amide bonds. The Hall–Kier alpha value is -1.40. The van der Waals surface area contributed by atoms with E-state index in [9.17, 15) is 13.2 Å². The highest BCUT2D eigenvalue weighted by Crippen LogP contribution is 2.38. The average Bonchev–Trinajstić information content (AvgIpc) is 2.74. The Balaban J connectivity index is 2.56. The predicted molar refractivity (Wildman–Crippen MR) is 78.6 cm³/mol. The Morgan fingerprint density at radius 3 is 2.43 bits per heavy atom. The first kappa shape index (κ1) is 16.0. The van der Waals surface area contributed by atoms with Crippen LogP contribution in [0, 0.1) is 13.8 Å². The summed E-state index contributed by atoms with van der Waals surface area (Å²) in [6.45, 7) is 6.15. The monoisotopic (exact) mass is 314 g/mol.